The number of hydrogen-bond acceptors (Lipinski definition) is 4. The SMILES string of the molecule is Nc1cc(C(=O)NC2CCSC2)nc2ccccc12. The molecule has 1 unspecified atom stereocenters. The fourth-order valence-corrected chi connectivity index (χ4v) is 3.38. The lowest BCUT2D eigenvalue weighted by atomic mass is 10.1. The van der Waals surface area contributed by atoms with Crippen LogP contribution in [0, 0.1) is 0 Å². The van der Waals surface area contributed by atoms with E-state index >= 15 is 0 Å². The maximum atomic E-state index is 12.2. The summed E-state index contributed by atoms with van der Waals surface area (Å²) in [4.78, 5) is 16.5. The van der Waals surface area contributed by atoms with E-state index in [1.165, 1.54) is 0 Å². The molecule has 1 saturated heterocycles. The van der Waals surface area contributed by atoms with E-state index in [0.717, 1.165) is 28.8 Å². The van der Waals surface area contributed by atoms with Gasteiger partial charge in [-0.2, -0.15) is 11.8 Å². The number of carbonyl (C=O) groups is 1. The minimum atomic E-state index is -0.134. The maximum Gasteiger partial charge on any atom is 0.270 e. The molecule has 1 aromatic heterocycles. The molecule has 1 atom stereocenters. The number of para-hydroxylation sites is 1. The summed E-state index contributed by atoms with van der Waals surface area (Å²) in [6, 6.07) is 9.49. The van der Waals surface area contributed by atoms with E-state index in [0.29, 0.717) is 11.4 Å². The fraction of sp³-hybridized carbons (Fsp3) is 0.286. The van der Waals surface area contributed by atoms with Gasteiger partial charge in [0.15, 0.2) is 0 Å². The Morgan fingerprint density at radius 3 is 3.05 bits per heavy atom. The zero-order chi connectivity index (χ0) is 13.2. The highest BCUT2D eigenvalue weighted by molar-refractivity contribution is 7.99. The number of benzene rings is 1. The zero-order valence-electron chi connectivity index (χ0n) is 10.4. The van der Waals surface area contributed by atoms with Crippen molar-refractivity contribution in [3.8, 4) is 0 Å². The molecule has 2 heterocycles. The summed E-state index contributed by atoms with van der Waals surface area (Å²) in [7, 11) is 0. The zero-order valence-corrected chi connectivity index (χ0v) is 11.2. The van der Waals surface area contributed by atoms with E-state index in [2.05, 4.69) is 10.3 Å². The lowest BCUT2D eigenvalue weighted by Gasteiger charge is -2.11. The van der Waals surface area contributed by atoms with E-state index in [4.69, 9.17) is 5.73 Å². The van der Waals surface area contributed by atoms with Gasteiger partial charge >= 0.3 is 0 Å². The van der Waals surface area contributed by atoms with Gasteiger partial charge in [0.1, 0.15) is 5.69 Å². The van der Waals surface area contributed by atoms with Gasteiger partial charge in [-0.15, -0.1) is 0 Å². The molecule has 1 aliphatic rings. The molecule has 1 aromatic carbocycles. The number of pyridine rings is 1. The Hall–Kier alpha value is -1.75. The van der Waals surface area contributed by atoms with Crippen molar-refractivity contribution in [2.45, 2.75) is 12.5 Å². The smallest absolute Gasteiger partial charge is 0.270 e. The summed E-state index contributed by atoms with van der Waals surface area (Å²) in [5, 5.41) is 3.89. The average Bonchev–Trinajstić information content (AvgIpc) is 2.91. The number of hydrogen-bond donors (Lipinski definition) is 2. The number of amides is 1. The second-order valence-electron chi connectivity index (χ2n) is 4.65. The molecule has 0 bridgehead atoms. The lowest BCUT2D eigenvalue weighted by Crippen LogP contribution is -2.35. The topological polar surface area (TPSA) is 68.0 Å². The number of nitrogen functional groups attached to an aromatic ring is 1. The van der Waals surface area contributed by atoms with Gasteiger partial charge in [0.2, 0.25) is 0 Å². The van der Waals surface area contributed by atoms with Gasteiger partial charge in [0, 0.05) is 22.9 Å². The van der Waals surface area contributed by atoms with Crippen LogP contribution in [-0.2, 0) is 0 Å². The summed E-state index contributed by atoms with van der Waals surface area (Å²) >= 11 is 1.87. The summed E-state index contributed by atoms with van der Waals surface area (Å²) in [5.74, 6) is 1.96. The van der Waals surface area contributed by atoms with E-state index in [1.807, 2.05) is 36.0 Å². The van der Waals surface area contributed by atoms with Crippen LogP contribution in [0.1, 0.15) is 16.9 Å². The van der Waals surface area contributed by atoms with Crippen molar-refractivity contribution in [2.24, 2.45) is 0 Å². The Morgan fingerprint density at radius 1 is 1.42 bits per heavy atom. The van der Waals surface area contributed by atoms with Gasteiger partial charge < -0.3 is 11.1 Å². The number of carbonyl (C=O) groups excluding carboxylic acids is 1. The molecule has 3 rings (SSSR count). The Balaban J connectivity index is 1.89. The van der Waals surface area contributed by atoms with Crippen molar-refractivity contribution in [3.63, 3.8) is 0 Å². The molecular weight excluding hydrogens is 258 g/mol. The fourth-order valence-electron chi connectivity index (χ4n) is 2.23. The Bertz CT molecular complexity index is 623. The van der Waals surface area contributed by atoms with Gasteiger partial charge in [-0.1, -0.05) is 18.2 Å². The van der Waals surface area contributed by atoms with Crippen molar-refractivity contribution in [1.29, 1.82) is 0 Å². The molecule has 4 nitrogen and oxygen atoms in total. The van der Waals surface area contributed by atoms with Crippen molar-refractivity contribution in [2.75, 3.05) is 17.2 Å². The molecule has 19 heavy (non-hydrogen) atoms. The molecule has 3 N–H and O–H groups in total. The third-order valence-corrected chi connectivity index (χ3v) is 4.41. The minimum absolute atomic E-state index is 0.134. The monoisotopic (exact) mass is 273 g/mol. The molecule has 0 spiro atoms. The third kappa shape index (κ3) is 2.51. The third-order valence-electron chi connectivity index (χ3n) is 3.25. The second-order valence-corrected chi connectivity index (χ2v) is 5.80. The molecule has 0 saturated carbocycles. The second kappa shape index (κ2) is 5.09. The normalized spacial score (nSPS) is 18.6. The van der Waals surface area contributed by atoms with Crippen LogP contribution in [0.3, 0.4) is 0 Å². The summed E-state index contributed by atoms with van der Waals surface area (Å²) < 4.78 is 0. The lowest BCUT2D eigenvalue weighted by molar-refractivity contribution is 0.0936. The van der Waals surface area contributed by atoms with E-state index in [1.54, 1.807) is 6.07 Å². The maximum absolute atomic E-state index is 12.2. The van der Waals surface area contributed by atoms with Crippen LogP contribution in [-0.4, -0.2) is 28.4 Å². The molecule has 5 heteroatoms. The summed E-state index contributed by atoms with van der Waals surface area (Å²) in [6.07, 6.45) is 1.03. The average molecular weight is 273 g/mol. The van der Waals surface area contributed by atoms with Crippen LogP contribution in [0.4, 0.5) is 5.69 Å². The van der Waals surface area contributed by atoms with Crippen molar-refractivity contribution >= 4 is 34.3 Å². The number of anilines is 1. The molecule has 0 aliphatic carbocycles. The first-order chi connectivity index (χ1) is 9.24. The van der Waals surface area contributed by atoms with E-state index < -0.39 is 0 Å². The van der Waals surface area contributed by atoms with E-state index in [9.17, 15) is 4.79 Å². The van der Waals surface area contributed by atoms with Crippen LogP contribution < -0.4 is 11.1 Å². The predicted molar refractivity (Wildman–Crippen MR) is 79.4 cm³/mol. The van der Waals surface area contributed by atoms with Gasteiger partial charge in [-0.3, -0.25) is 4.79 Å². The molecule has 1 fully saturated rings. The van der Waals surface area contributed by atoms with Gasteiger partial charge in [0.25, 0.3) is 5.91 Å². The number of rotatable bonds is 2. The van der Waals surface area contributed by atoms with Crippen LogP contribution in [0.25, 0.3) is 10.9 Å². The number of fused-ring (bicyclic) bond motifs is 1. The summed E-state index contributed by atoms with van der Waals surface area (Å²) in [5.41, 5.74) is 7.73. The molecule has 98 valence electrons. The first-order valence-electron chi connectivity index (χ1n) is 6.28. The minimum Gasteiger partial charge on any atom is -0.398 e. The first-order valence-corrected chi connectivity index (χ1v) is 7.43. The highest BCUT2D eigenvalue weighted by atomic mass is 32.2. The van der Waals surface area contributed by atoms with Crippen LogP contribution in [0.2, 0.25) is 0 Å². The molecular formula is C14H15N3OS. The van der Waals surface area contributed by atoms with Crippen molar-refractivity contribution in [3.05, 3.63) is 36.0 Å². The number of nitrogens with two attached hydrogens (primary N) is 1. The van der Waals surface area contributed by atoms with Crippen molar-refractivity contribution in [1.82, 2.24) is 10.3 Å². The molecule has 2 aromatic rings. The standard InChI is InChI=1S/C14H15N3OS/c15-11-7-13(14(18)16-9-5-6-19-8-9)17-12-4-2-1-3-10(11)12/h1-4,7,9H,5-6,8H2,(H2,15,17)(H,16,18). The molecule has 1 amide bonds. The highest BCUT2D eigenvalue weighted by Gasteiger charge is 2.19. The number of nitrogens with one attached hydrogen (secondary N) is 1. The Kier molecular flexibility index (Phi) is 3.29. The number of thioether (sulfide) groups is 1. The largest absolute Gasteiger partial charge is 0.398 e. The quantitative estimate of drug-likeness (QED) is 0.878. The van der Waals surface area contributed by atoms with Crippen LogP contribution >= 0.6 is 11.8 Å². The Labute approximate surface area is 115 Å². The molecule has 0 radical (unpaired) electrons. The highest BCUT2D eigenvalue weighted by Crippen LogP contribution is 2.21. The van der Waals surface area contributed by atoms with E-state index in [-0.39, 0.29) is 11.9 Å². The first kappa shape index (κ1) is 12.3. The summed E-state index contributed by atoms with van der Waals surface area (Å²) in [6.45, 7) is 0. The van der Waals surface area contributed by atoms with Gasteiger partial charge in [-0.05, 0) is 24.3 Å². The van der Waals surface area contributed by atoms with Gasteiger partial charge in [-0.25, -0.2) is 4.98 Å². The Morgan fingerprint density at radius 2 is 2.26 bits per heavy atom. The molecule has 1 aliphatic heterocycles. The van der Waals surface area contributed by atoms with Gasteiger partial charge in [0.05, 0.1) is 5.52 Å². The van der Waals surface area contributed by atoms with Crippen LogP contribution in [0.15, 0.2) is 30.3 Å². The number of nitrogens with zero attached hydrogens (tertiary/aromatic N) is 1. The predicted octanol–water partition coefficient (Wildman–Crippen LogP) is 2.05. The van der Waals surface area contributed by atoms with Crippen LogP contribution in [0.5, 0.6) is 0 Å². The number of aromatic nitrogens is 1. The van der Waals surface area contributed by atoms with Crippen molar-refractivity contribution < 1.29 is 4.79 Å².